The second-order valence-corrected chi connectivity index (χ2v) is 4.44. The molecule has 0 unspecified atom stereocenters. The number of nitrogens with one attached hydrogen (secondary N) is 1. The number of halogens is 1. The number of hydrogen-bond donors (Lipinski definition) is 2. The Labute approximate surface area is 91.6 Å². The average Bonchev–Trinajstić information content (AvgIpc) is 2.49. The third kappa shape index (κ3) is 1.57. The lowest BCUT2D eigenvalue weighted by Gasteiger charge is -1.99. The molecule has 1 aromatic heterocycles. The van der Waals surface area contributed by atoms with Gasteiger partial charge in [0.2, 0.25) is 0 Å². The molecule has 1 heterocycles. The van der Waals surface area contributed by atoms with Crippen molar-refractivity contribution >= 4 is 26.8 Å². The number of rotatable bonds is 2. The van der Waals surface area contributed by atoms with E-state index in [1.165, 1.54) is 22.0 Å². The zero-order valence-electron chi connectivity index (χ0n) is 8.23. The molecule has 0 saturated heterocycles. The SMILES string of the molecule is Cc1cc(Br)c2[nH]cc(CC[NH3+])c2c1. The second-order valence-electron chi connectivity index (χ2n) is 3.59. The summed E-state index contributed by atoms with van der Waals surface area (Å²) in [7, 11) is 0. The van der Waals surface area contributed by atoms with Crippen LogP contribution in [0, 0.1) is 6.92 Å². The van der Waals surface area contributed by atoms with Crippen LogP contribution in [0.2, 0.25) is 0 Å². The maximum absolute atomic E-state index is 3.89. The van der Waals surface area contributed by atoms with E-state index >= 15 is 0 Å². The van der Waals surface area contributed by atoms with Crippen molar-refractivity contribution in [3.8, 4) is 0 Å². The minimum absolute atomic E-state index is 0.943. The smallest absolute Gasteiger partial charge is 0.0781 e. The Morgan fingerprint density at radius 2 is 2.21 bits per heavy atom. The van der Waals surface area contributed by atoms with Gasteiger partial charge in [0.25, 0.3) is 0 Å². The molecule has 74 valence electrons. The summed E-state index contributed by atoms with van der Waals surface area (Å²) in [5, 5.41) is 1.32. The number of benzene rings is 1. The predicted octanol–water partition coefficient (Wildman–Crippen LogP) is 2.02. The van der Waals surface area contributed by atoms with Gasteiger partial charge in [0.1, 0.15) is 0 Å². The number of H-pyrrole nitrogens is 1. The van der Waals surface area contributed by atoms with E-state index < -0.39 is 0 Å². The molecule has 4 N–H and O–H groups in total. The van der Waals surface area contributed by atoms with Gasteiger partial charge < -0.3 is 10.7 Å². The lowest BCUT2D eigenvalue weighted by Crippen LogP contribution is -2.51. The summed E-state index contributed by atoms with van der Waals surface area (Å²) in [6, 6.07) is 4.36. The van der Waals surface area contributed by atoms with Crippen LogP contribution in [-0.4, -0.2) is 11.5 Å². The predicted molar refractivity (Wildman–Crippen MR) is 62.2 cm³/mol. The molecule has 0 amide bonds. The highest BCUT2D eigenvalue weighted by Crippen LogP contribution is 2.27. The quantitative estimate of drug-likeness (QED) is 0.823. The summed E-state index contributed by atoms with van der Waals surface area (Å²) >= 11 is 3.57. The van der Waals surface area contributed by atoms with E-state index in [1.54, 1.807) is 0 Å². The van der Waals surface area contributed by atoms with E-state index in [0.29, 0.717) is 0 Å². The zero-order chi connectivity index (χ0) is 10.1. The highest BCUT2D eigenvalue weighted by molar-refractivity contribution is 9.10. The van der Waals surface area contributed by atoms with Gasteiger partial charge in [-0.25, -0.2) is 0 Å². The van der Waals surface area contributed by atoms with Crippen LogP contribution in [0.3, 0.4) is 0 Å². The Kier molecular flexibility index (Phi) is 2.61. The van der Waals surface area contributed by atoms with Crippen molar-refractivity contribution in [2.45, 2.75) is 13.3 Å². The van der Waals surface area contributed by atoms with Gasteiger partial charge in [-0.1, -0.05) is 0 Å². The monoisotopic (exact) mass is 253 g/mol. The maximum Gasteiger partial charge on any atom is 0.0781 e. The van der Waals surface area contributed by atoms with Crippen LogP contribution >= 0.6 is 15.9 Å². The fourth-order valence-corrected chi connectivity index (χ4v) is 2.47. The van der Waals surface area contributed by atoms with E-state index in [2.05, 4.69) is 51.9 Å². The first-order valence-electron chi connectivity index (χ1n) is 4.77. The normalized spacial score (nSPS) is 11.1. The standard InChI is InChI=1S/C11H13BrN2/c1-7-4-9-8(2-3-13)6-14-11(9)10(12)5-7/h4-6,14H,2-3,13H2,1H3/p+1. The van der Waals surface area contributed by atoms with Gasteiger partial charge >= 0.3 is 0 Å². The molecule has 0 radical (unpaired) electrons. The Hall–Kier alpha value is -0.800. The third-order valence-corrected chi connectivity index (χ3v) is 3.04. The molecule has 0 aliphatic heterocycles. The van der Waals surface area contributed by atoms with Crippen molar-refractivity contribution in [2.75, 3.05) is 6.54 Å². The van der Waals surface area contributed by atoms with Crippen LogP contribution in [0.5, 0.6) is 0 Å². The number of aromatic nitrogens is 1. The van der Waals surface area contributed by atoms with Crippen molar-refractivity contribution in [2.24, 2.45) is 0 Å². The third-order valence-electron chi connectivity index (χ3n) is 2.42. The number of quaternary nitrogens is 1. The van der Waals surface area contributed by atoms with Crippen LogP contribution in [0.4, 0.5) is 0 Å². The molecule has 0 spiro atoms. The first kappa shape index (κ1) is 9.74. The van der Waals surface area contributed by atoms with E-state index in [-0.39, 0.29) is 0 Å². The highest BCUT2D eigenvalue weighted by atomic mass is 79.9. The molecule has 0 aliphatic carbocycles. The molecule has 3 heteroatoms. The molecule has 14 heavy (non-hydrogen) atoms. The topological polar surface area (TPSA) is 43.4 Å². The second kappa shape index (κ2) is 3.75. The van der Waals surface area contributed by atoms with Crippen LogP contribution in [0.15, 0.2) is 22.8 Å². The van der Waals surface area contributed by atoms with Gasteiger partial charge in [-0.3, -0.25) is 0 Å². The van der Waals surface area contributed by atoms with Crippen LogP contribution in [0.25, 0.3) is 10.9 Å². The Bertz CT molecular complexity index is 460. The zero-order valence-corrected chi connectivity index (χ0v) is 9.82. The molecular weight excluding hydrogens is 240 g/mol. The van der Waals surface area contributed by atoms with E-state index in [4.69, 9.17) is 0 Å². The molecule has 0 fully saturated rings. The molecule has 0 atom stereocenters. The van der Waals surface area contributed by atoms with E-state index in [1.807, 2.05) is 0 Å². The molecular formula is C11H14BrN2+. The Morgan fingerprint density at radius 1 is 1.43 bits per heavy atom. The number of aromatic amines is 1. The summed E-state index contributed by atoms with van der Waals surface area (Å²) in [4.78, 5) is 3.29. The van der Waals surface area contributed by atoms with Crippen LogP contribution < -0.4 is 5.73 Å². The van der Waals surface area contributed by atoms with Gasteiger partial charge in [-0.15, -0.1) is 0 Å². The van der Waals surface area contributed by atoms with Crippen molar-refractivity contribution in [1.82, 2.24) is 4.98 Å². The summed E-state index contributed by atoms with van der Waals surface area (Å²) in [5.41, 5.74) is 7.73. The largest absolute Gasteiger partial charge is 0.360 e. The maximum atomic E-state index is 3.89. The van der Waals surface area contributed by atoms with Crippen LogP contribution in [-0.2, 0) is 6.42 Å². The number of aryl methyl sites for hydroxylation is 1. The lowest BCUT2D eigenvalue weighted by molar-refractivity contribution is -0.366. The van der Waals surface area contributed by atoms with Crippen molar-refractivity contribution < 1.29 is 5.73 Å². The van der Waals surface area contributed by atoms with Crippen molar-refractivity contribution in [3.05, 3.63) is 33.9 Å². The number of hydrogen-bond acceptors (Lipinski definition) is 0. The minimum atomic E-state index is 0.943. The van der Waals surface area contributed by atoms with Gasteiger partial charge in [0.15, 0.2) is 0 Å². The Balaban J connectivity index is 2.66. The van der Waals surface area contributed by atoms with Gasteiger partial charge in [-0.05, 0) is 46.1 Å². The number of fused-ring (bicyclic) bond motifs is 1. The molecule has 2 aromatic rings. The van der Waals surface area contributed by atoms with Crippen molar-refractivity contribution in [3.63, 3.8) is 0 Å². The first-order chi connectivity index (χ1) is 6.72. The average molecular weight is 254 g/mol. The summed E-state index contributed by atoms with van der Waals surface area (Å²) in [5.74, 6) is 0. The molecule has 0 bridgehead atoms. The summed E-state index contributed by atoms with van der Waals surface area (Å²) in [6.07, 6.45) is 3.12. The van der Waals surface area contributed by atoms with E-state index in [0.717, 1.165) is 17.4 Å². The lowest BCUT2D eigenvalue weighted by atomic mass is 10.1. The van der Waals surface area contributed by atoms with Crippen LogP contribution in [0.1, 0.15) is 11.1 Å². The molecule has 2 nitrogen and oxygen atoms in total. The molecule has 2 rings (SSSR count). The van der Waals surface area contributed by atoms with Gasteiger partial charge in [-0.2, -0.15) is 0 Å². The van der Waals surface area contributed by atoms with Gasteiger partial charge in [0, 0.05) is 22.5 Å². The molecule has 0 saturated carbocycles. The summed E-state index contributed by atoms with van der Waals surface area (Å²) < 4.78 is 1.14. The van der Waals surface area contributed by atoms with Crippen molar-refractivity contribution in [1.29, 1.82) is 0 Å². The fraction of sp³-hybridized carbons (Fsp3) is 0.273. The highest BCUT2D eigenvalue weighted by Gasteiger charge is 2.06. The molecule has 1 aromatic carbocycles. The fourth-order valence-electron chi connectivity index (χ4n) is 1.78. The van der Waals surface area contributed by atoms with Gasteiger partial charge in [0.05, 0.1) is 12.1 Å². The first-order valence-corrected chi connectivity index (χ1v) is 5.57. The minimum Gasteiger partial charge on any atom is -0.360 e. The molecule has 0 aliphatic rings. The van der Waals surface area contributed by atoms with E-state index in [9.17, 15) is 0 Å². The Morgan fingerprint density at radius 3 is 2.93 bits per heavy atom. The summed E-state index contributed by atoms with van der Waals surface area (Å²) in [6.45, 7) is 3.06.